The number of ether oxygens (including phenoxy) is 1. The Kier molecular flexibility index (Phi) is 6.43. The van der Waals surface area contributed by atoms with Crippen molar-refractivity contribution < 1.29 is 47.9 Å². The summed E-state index contributed by atoms with van der Waals surface area (Å²) in [7, 11) is 1.26. The predicted octanol–water partition coefficient (Wildman–Crippen LogP) is -1.67. The summed E-state index contributed by atoms with van der Waals surface area (Å²) in [6, 6.07) is 2.93. The first kappa shape index (κ1) is 15.8. The van der Waals surface area contributed by atoms with Crippen LogP contribution in [0.15, 0.2) is 17.0 Å². The molecule has 0 bridgehead atoms. The summed E-state index contributed by atoms with van der Waals surface area (Å²) in [6.45, 7) is 3.44. The fraction of sp³-hybridized carbons (Fsp3) is 0.300. The van der Waals surface area contributed by atoms with E-state index in [1.165, 1.54) is 13.2 Å². The first-order chi connectivity index (χ1) is 6.97. The van der Waals surface area contributed by atoms with Crippen LogP contribution in [0.2, 0.25) is 0 Å². The van der Waals surface area contributed by atoms with Crippen molar-refractivity contribution in [3.8, 4) is 0 Å². The van der Waals surface area contributed by atoms with E-state index in [-0.39, 0.29) is 40.0 Å². The third-order valence-electron chi connectivity index (χ3n) is 2.22. The molecule has 0 amide bonds. The number of hydrogen-bond donors (Lipinski definition) is 0. The minimum atomic E-state index is -2.34. The second kappa shape index (κ2) is 6.51. The zero-order valence-corrected chi connectivity index (χ0v) is 12.5. The summed E-state index contributed by atoms with van der Waals surface area (Å²) in [4.78, 5) is 11.4. The molecule has 6 heteroatoms. The van der Waals surface area contributed by atoms with Crippen LogP contribution in [-0.2, 0) is 15.8 Å². The standard InChI is InChI=1S/C10H12O4S.Na/c1-6-4-8(10(11)14-3)5-9(7(6)2)15(12)13;/h4-5H,1-3H3,(H,12,13);/q;+1/p-1. The summed E-state index contributed by atoms with van der Waals surface area (Å²) >= 11 is -2.34. The van der Waals surface area contributed by atoms with Gasteiger partial charge in [-0.2, -0.15) is 0 Å². The van der Waals surface area contributed by atoms with Crippen molar-refractivity contribution in [3.63, 3.8) is 0 Å². The number of hydrogen-bond acceptors (Lipinski definition) is 4. The maximum atomic E-state index is 11.2. The minimum Gasteiger partial charge on any atom is -0.768 e. The van der Waals surface area contributed by atoms with Gasteiger partial charge in [0, 0.05) is 4.90 Å². The molecule has 0 heterocycles. The second-order valence-electron chi connectivity index (χ2n) is 3.14. The number of benzene rings is 1. The van der Waals surface area contributed by atoms with Gasteiger partial charge in [0.15, 0.2) is 0 Å². The predicted molar refractivity (Wildman–Crippen MR) is 54.4 cm³/mol. The van der Waals surface area contributed by atoms with E-state index in [2.05, 4.69) is 4.74 Å². The Morgan fingerprint density at radius 2 is 1.94 bits per heavy atom. The Bertz CT molecular complexity index is 431. The Labute approximate surface area is 119 Å². The molecule has 0 saturated carbocycles. The normalized spacial score (nSPS) is 11.5. The molecule has 0 N–H and O–H groups in total. The molecule has 0 spiro atoms. The van der Waals surface area contributed by atoms with Crippen LogP contribution >= 0.6 is 0 Å². The minimum absolute atomic E-state index is 0. The van der Waals surface area contributed by atoms with Crippen LogP contribution in [0.3, 0.4) is 0 Å². The van der Waals surface area contributed by atoms with E-state index in [4.69, 9.17) is 0 Å². The molecule has 1 unspecified atom stereocenters. The van der Waals surface area contributed by atoms with Gasteiger partial charge in [-0.1, -0.05) is 0 Å². The molecule has 1 atom stereocenters. The van der Waals surface area contributed by atoms with Crippen molar-refractivity contribution >= 4 is 17.0 Å². The van der Waals surface area contributed by atoms with Crippen LogP contribution in [0, 0.1) is 13.8 Å². The van der Waals surface area contributed by atoms with Crippen molar-refractivity contribution in [1.29, 1.82) is 0 Å². The van der Waals surface area contributed by atoms with E-state index in [9.17, 15) is 13.6 Å². The van der Waals surface area contributed by atoms with Crippen molar-refractivity contribution in [2.75, 3.05) is 7.11 Å². The van der Waals surface area contributed by atoms with Crippen LogP contribution in [0.1, 0.15) is 21.5 Å². The van der Waals surface area contributed by atoms with Gasteiger partial charge in [0.25, 0.3) is 0 Å². The zero-order valence-electron chi connectivity index (χ0n) is 9.70. The van der Waals surface area contributed by atoms with Gasteiger partial charge < -0.3 is 9.29 Å². The number of rotatable bonds is 2. The number of carbonyl (C=O) groups is 1. The van der Waals surface area contributed by atoms with E-state index in [1.807, 2.05) is 0 Å². The van der Waals surface area contributed by atoms with Crippen molar-refractivity contribution in [2.45, 2.75) is 18.7 Å². The van der Waals surface area contributed by atoms with Crippen LogP contribution in [-0.4, -0.2) is 21.8 Å². The molecule has 1 aromatic carbocycles. The molecular formula is C10H11NaO4S. The Morgan fingerprint density at radius 3 is 2.38 bits per heavy atom. The van der Waals surface area contributed by atoms with Gasteiger partial charge >= 0.3 is 35.5 Å². The van der Waals surface area contributed by atoms with Crippen LogP contribution < -0.4 is 29.6 Å². The smallest absolute Gasteiger partial charge is 0.768 e. The van der Waals surface area contributed by atoms with Gasteiger partial charge in [-0.15, -0.1) is 0 Å². The molecule has 16 heavy (non-hydrogen) atoms. The number of esters is 1. The Balaban J connectivity index is 0.00000225. The van der Waals surface area contributed by atoms with E-state index >= 15 is 0 Å². The second-order valence-corrected chi connectivity index (χ2v) is 4.05. The third-order valence-corrected chi connectivity index (χ3v) is 3.00. The third kappa shape index (κ3) is 3.40. The van der Waals surface area contributed by atoms with Gasteiger partial charge in [-0.3, -0.25) is 4.21 Å². The summed E-state index contributed by atoms with van der Waals surface area (Å²) in [5.74, 6) is -0.537. The van der Waals surface area contributed by atoms with Gasteiger partial charge in [0.05, 0.1) is 12.7 Å². The molecular weight excluding hydrogens is 239 g/mol. The molecule has 0 aromatic heterocycles. The molecule has 0 aliphatic rings. The van der Waals surface area contributed by atoms with Crippen LogP contribution in [0.5, 0.6) is 0 Å². The summed E-state index contributed by atoms with van der Waals surface area (Å²) in [6.07, 6.45) is 0. The largest absolute Gasteiger partial charge is 1.00 e. The van der Waals surface area contributed by atoms with Crippen molar-refractivity contribution in [2.24, 2.45) is 0 Å². The van der Waals surface area contributed by atoms with Gasteiger partial charge in [0.1, 0.15) is 0 Å². The number of carbonyl (C=O) groups excluding carboxylic acids is 1. The molecule has 0 fully saturated rings. The monoisotopic (exact) mass is 250 g/mol. The SMILES string of the molecule is COC(=O)c1cc(C)c(C)c(S(=O)[O-])c1.[Na+]. The van der Waals surface area contributed by atoms with Crippen LogP contribution in [0.25, 0.3) is 0 Å². The molecule has 0 radical (unpaired) electrons. The number of aryl methyl sites for hydroxylation is 1. The van der Waals surface area contributed by atoms with Gasteiger partial charge in [-0.25, -0.2) is 4.79 Å². The zero-order chi connectivity index (χ0) is 11.6. The van der Waals surface area contributed by atoms with Gasteiger partial charge in [-0.05, 0) is 48.2 Å². The van der Waals surface area contributed by atoms with E-state index in [0.29, 0.717) is 5.56 Å². The molecule has 82 valence electrons. The van der Waals surface area contributed by atoms with Crippen molar-refractivity contribution in [3.05, 3.63) is 28.8 Å². The molecule has 1 rings (SSSR count). The average Bonchev–Trinajstić information content (AvgIpc) is 2.20. The van der Waals surface area contributed by atoms with E-state index < -0.39 is 17.0 Å². The molecule has 0 aliphatic carbocycles. The maximum absolute atomic E-state index is 11.2. The molecule has 0 aliphatic heterocycles. The van der Waals surface area contributed by atoms with Gasteiger partial charge in [0.2, 0.25) is 0 Å². The molecule has 4 nitrogen and oxygen atoms in total. The summed E-state index contributed by atoms with van der Waals surface area (Å²) in [5.41, 5.74) is 1.65. The Hall–Kier alpha value is -0.200. The summed E-state index contributed by atoms with van der Waals surface area (Å²) in [5, 5.41) is 0. The topological polar surface area (TPSA) is 66.4 Å². The summed E-state index contributed by atoms with van der Waals surface area (Å²) < 4.78 is 26.3. The molecule has 0 saturated heterocycles. The number of methoxy groups -OCH3 is 1. The van der Waals surface area contributed by atoms with Crippen molar-refractivity contribution in [1.82, 2.24) is 0 Å². The molecule has 1 aromatic rings. The first-order valence-electron chi connectivity index (χ1n) is 4.26. The van der Waals surface area contributed by atoms with E-state index in [1.54, 1.807) is 19.9 Å². The Morgan fingerprint density at radius 1 is 1.38 bits per heavy atom. The first-order valence-corrected chi connectivity index (χ1v) is 5.33. The van der Waals surface area contributed by atoms with Crippen LogP contribution in [0.4, 0.5) is 0 Å². The maximum Gasteiger partial charge on any atom is 1.00 e. The quantitative estimate of drug-likeness (QED) is 0.358. The fourth-order valence-corrected chi connectivity index (χ4v) is 1.87. The average molecular weight is 250 g/mol. The van der Waals surface area contributed by atoms with E-state index in [0.717, 1.165) is 5.56 Å². The fourth-order valence-electron chi connectivity index (χ4n) is 1.24.